The smallest absolute Gasteiger partial charge is 0.322 e. The van der Waals surface area contributed by atoms with E-state index in [4.69, 9.17) is 20.8 Å². The molecule has 0 fully saturated rings. The van der Waals surface area contributed by atoms with Crippen LogP contribution < -0.4 is 9.64 Å². The van der Waals surface area contributed by atoms with Gasteiger partial charge in [0.05, 0.1) is 18.6 Å². The Kier molecular flexibility index (Phi) is 4.21. The van der Waals surface area contributed by atoms with Crippen molar-refractivity contribution in [1.29, 1.82) is 0 Å². The highest BCUT2D eigenvalue weighted by Crippen LogP contribution is 2.17. The maximum absolute atomic E-state index is 5.87. The molecule has 0 aromatic carbocycles. The van der Waals surface area contributed by atoms with Gasteiger partial charge < -0.3 is 14.1 Å². The van der Waals surface area contributed by atoms with Crippen LogP contribution in [0.4, 0.5) is 5.95 Å². The van der Waals surface area contributed by atoms with Crippen LogP contribution >= 0.6 is 11.6 Å². The van der Waals surface area contributed by atoms with Crippen molar-refractivity contribution in [3.05, 3.63) is 29.4 Å². The number of halogens is 1. The van der Waals surface area contributed by atoms with Gasteiger partial charge in [0.2, 0.25) is 11.2 Å². The molecular weight excluding hydrogens is 268 g/mol. The Hall–Kier alpha value is -1.82. The summed E-state index contributed by atoms with van der Waals surface area (Å²) in [4.78, 5) is 14.1. The molecule has 0 saturated heterocycles. The minimum atomic E-state index is -0.0227. The minimum absolute atomic E-state index is 0.0227. The van der Waals surface area contributed by atoms with Gasteiger partial charge in [-0.1, -0.05) is 0 Å². The Balaban J connectivity index is 2.16. The Labute approximate surface area is 116 Å². The molecule has 0 spiro atoms. The van der Waals surface area contributed by atoms with E-state index >= 15 is 0 Å². The van der Waals surface area contributed by atoms with Crippen molar-refractivity contribution in [2.75, 3.05) is 11.9 Å². The maximum Gasteiger partial charge on any atom is 0.322 e. The second kappa shape index (κ2) is 5.88. The number of ether oxygens (including phenoxy) is 1. The van der Waals surface area contributed by atoms with Crippen LogP contribution in [-0.2, 0) is 6.54 Å². The zero-order valence-electron chi connectivity index (χ0n) is 11.0. The third-order valence-electron chi connectivity index (χ3n) is 2.26. The standard InChI is InChI=1S/C12H15ClN4O2/c1-8(2)19-12-15-10(13)14-11(16-12)17(3)6-9-4-5-18-7-9/h4-5,7-8H,6H2,1-3H3. The van der Waals surface area contributed by atoms with Crippen molar-refractivity contribution < 1.29 is 9.15 Å². The predicted molar refractivity (Wildman–Crippen MR) is 71.4 cm³/mol. The highest BCUT2D eigenvalue weighted by atomic mass is 35.5. The molecule has 0 aliphatic rings. The molecular formula is C12H15ClN4O2. The SMILES string of the molecule is CC(C)Oc1nc(Cl)nc(N(C)Cc2ccoc2)n1. The zero-order chi connectivity index (χ0) is 13.8. The highest BCUT2D eigenvalue weighted by Gasteiger charge is 2.12. The van der Waals surface area contributed by atoms with E-state index in [0.717, 1.165) is 5.56 Å². The van der Waals surface area contributed by atoms with Crippen molar-refractivity contribution in [3.63, 3.8) is 0 Å². The molecule has 19 heavy (non-hydrogen) atoms. The first kappa shape index (κ1) is 13.6. The number of hydrogen-bond acceptors (Lipinski definition) is 6. The lowest BCUT2D eigenvalue weighted by molar-refractivity contribution is 0.221. The largest absolute Gasteiger partial charge is 0.472 e. The fourth-order valence-corrected chi connectivity index (χ4v) is 1.63. The molecule has 2 aromatic rings. The summed E-state index contributed by atoms with van der Waals surface area (Å²) in [6, 6.07) is 2.11. The normalized spacial score (nSPS) is 10.8. The van der Waals surface area contributed by atoms with Crippen LogP contribution in [0.15, 0.2) is 23.0 Å². The minimum Gasteiger partial charge on any atom is -0.472 e. The molecule has 102 valence electrons. The summed E-state index contributed by atoms with van der Waals surface area (Å²) >= 11 is 5.87. The summed E-state index contributed by atoms with van der Waals surface area (Å²) < 4.78 is 10.4. The van der Waals surface area contributed by atoms with E-state index in [1.165, 1.54) is 0 Å². The number of anilines is 1. The third-order valence-corrected chi connectivity index (χ3v) is 2.43. The van der Waals surface area contributed by atoms with Gasteiger partial charge in [-0.05, 0) is 31.5 Å². The van der Waals surface area contributed by atoms with Gasteiger partial charge in [0.1, 0.15) is 0 Å². The number of nitrogens with zero attached hydrogens (tertiary/aromatic N) is 4. The van der Waals surface area contributed by atoms with Crippen LogP contribution in [0, 0.1) is 0 Å². The van der Waals surface area contributed by atoms with Crippen LogP contribution in [0.5, 0.6) is 6.01 Å². The Morgan fingerprint density at radius 1 is 1.37 bits per heavy atom. The van der Waals surface area contributed by atoms with E-state index in [-0.39, 0.29) is 17.4 Å². The summed E-state index contributed by atoms with van der Waals surface area (Å²) in [5.41, 5.74) is 1.02. The summed E-state index contributed by atoms with van der Waals surface area (Å²) in [5.74, 6) is 0.455. The number of hydrogen-bond donors (Lipinski definition) is 0. The Morgan fingerprint density at radius 3 is 2.79 bits per heavy atom. The van der Waals surface area contributed by atoms with Crippen molar-refractivity contribution in [2.45, 2.75) is 26.5 Å². The van der Waals surface area contributed by atoms with Crippen molar-refractivity contribution in [2.24, 2.45) is 0 Å². The van der Waals surface area contributed by atoms with E-state index in [2.05, 4.69) is 15.0 Å². The van der Waals surface area contributed by atoms with Crippen molar-refractivity contribution in [1.82, 2.24) is 15.0 Å². The first-order chi connectivity index (χ1) is 9.04. The van der Waals surface area contributed by atoms with Crippen LogP contribution in [0.3, 0.4) is 0 Å². The molecule has 2 heterocycles. The lowest BCUT2D eigenvalue weighted by Crippen LogP contribution is -2.20. The average molecular weight is 283 g/mol. The molecule has 0 amide bonds. The lowest BCUT2D eigenvalue weighted by atomic mass is 10.3. The average Bonchev–Trinajstić information content (AvgIpc) is 2.80. The molecule has 0 saturated carbocycles. The molecule has 0 aliphatic heterocycles. The number of furan rings is 1. The van der Waals surface area contributed by atoms with E-state index in [9.17, 15) is 0 Å². The fourth-order valence-electron chi connectivity index (χ4n) is 1.48. The first-order valence-corrected chi connectivity index (χ1v) is 6.23. The van der Waals surface area contributed by atoms with Gasteiger partial charge in [-0.3, -0.25) is 0 Å². The molecule has 0 N–H and O–H groups in total. The van der Waals surface area contributed by atoms with Crippen LogP contribution in [-0.4, -0.2) is 28.1 Å². The molecule has 0 aliphatic carbocycles. The fraction of sp³-hybridized carbons (Fsp3) is 0.417. The summed E-state index contributed by atoms with van der Waals surface area (Å²) in [5, 5.41) is 0.111. The lowest BCUT2D eigenvalue weighted by Gasteiger charge is -2.17. The van der Waals surface area contributed by atoms with Gasteiger partial charge in [-0.15, -0.1) is 0 Å². The van der Waals surface area contributed by atoms with Crippen LogP contribution in [0.1, 0.15) is 19.4 Å². The highest BCUT2D eigenvalue weighted by molar-refractivity contribution is 6.28. The predicted octanol–water partition coefficient (Wildman–Crippen LogP) is 2.54. The second-order valence-corrected chi connectivity index (χ2v) is 4.68. The quantitative estimate of drug-likeness (QED) is 0.840. The van der Waals surface area contributed by atoms with Gasteiger partial charge in [0.15, 0.2) is 0 Å². The van der Waals surface area contributed by atoms with Gasteiger partial charge in [0.25, 0.3) is 0 Å². The number of aromatic nitrogens is 3. The van der Waals surface area contributed by atoms with Gasteiger partial charge >= 0.3 is 6.01 Å². The van der Waals surface area contributed by atoms with Crippen LogP contribution in [0.25, 0.3) is 0 Å². The summed E-state index contributed by atoms with van der Waals surface area (Å²) in [6.45, 7) is 4.40. The molecule has 0 atom stereocenters. The summed E-state index contributed by atoms with van der Waals surface area (Å²) in [6.07, 6.45) is 3.27. The van der Waals surface area contributed by atoms with Gasteiger partial charge in [0, 0.05) is 19.2 Å². The molecule has 6 nitrogen and oxygen atoms in total. The molecule has 2 rings (SSSR count). The Morgan fingerprint density at radius 2 is 2.16 bits per heavy atom. The monoisotopic (exact) mass is 282 g/mol. The molecule has 0 unspecified atom stereocenters. The molecule has 2 aromatic heterocycles. The van der Waals surface area contributed by atoms with Crippen LogP contribution in [0.2, 0.25) is 5.28 Å². The molecule has 7 heteroatoms. The van der Waals surface area contributed by atoms with E-state index in [0.29, 0.717) is 12.5 Å². The third kappa shape index (κ3) is 3.82. The van der Waals surface area contributed by atoms with Gasteiger partial charge in [-0.25, -0.2) is 0 Å². The second-order valence-electron chi connectivity index (χ2n) is 4.34. The van der Waals surface area contributed by atoms with E-state index in [1.54, 1.807) is 12.5 Å². The van der Waals surface area contributed by atoms with Crippen molar-refractivity contribution in [3.8, 4) is 6.01 Å². The molecule has 0 radical (unpaired) electrons. The molecule has 0 bridgehead atoms. The maximum atomic E-state index is 5.87. The first-order valence-electron chi connectivity index (χ1n) is 5.85. The van der Waals surface area contributed by atoms with E-state index < -0.39 is 0 Å². The summed E-state index contributed by atoms with van der Waals surface area (Å²) in [7, 11) is 1.86. The zero-order valence-corrected chi connectivity index (χ0v) is 11.8. The topological polar surface area (TPSA) is 64.3 Å². The van der Waals surface area contributed by atoms with Crippen molar-refractivity contribution >= 4 is 17.5 Å². The van der Waals surface area contributed by atoms with E-state index in [1.807, 2.05) is 31.9 Å². The van der Waals surface area contributed by atoms with Gasteiger partial charge in [-0.2, -0.15) is 15.0 Å². The number of rotatable bonds is 5. The Bertz CT molecular complexity index is 531.